The summed E-state index contributed by atoms with van der Waals surface area (Å²) in [5.41, 5.74) is 1.91. The van der Waals surface area contributed by atoms with E-state index < -0.39 is 0 Å². The van der Waals surface area contributed by atoms with Crippen molar-refractivity contribution in [2.45, 2.75) is 0 Å². The molecular formula is C19H20FN3O2. The Labute approximate surface area is 145 Å². The van der Waals surface area contributed by atoms with E-state index in [-0.39, 0.29) is 11.7 Å². The molecule has 0 aliphatic carbocycles. The maximum absolute atomic E-state index is 13.3. The topological polar surface area (TPSA) is 46.0 Å². The van der Waals surface area contributed by atoms with Gasteiger partial charge in [0.2, 0.25) is 0 Å². The van der Waals surface area contributed by atoms with Gasteiger partial charge in [-0.3, -0.25) is 4.79 Å². The Bertz CT molecular complexity index is 891. The van der Waals surface area contributed by atoms with Crippen LogP contribution in [0.2, 0.25) is 0 Å². The molecular weight excluding hydrogens is 321 g/mol. The summed E-state index contributed by atoms with van der Waals surface area (Å²) in [7, 11) is 3.64. The van der Waals surface area contributed by atoms with Gasteiger partial charge >= 0.3 is 0 Å². The maximum Gasteiger partial charge on any atom is 0.257 e. The molecule has 0 bridgehead atoms. The number of likely N-dealkylation sites (N-methyl/N-ethyl adjacent to an activating group) is 1. The first-order valence-corrected chi connectivity index (χ1v) is 7.96. The van der Waals surface area contributed by atoms with E-state index >= 15 is 0 Å². The standard InChI is InChI=1S/C19H20FN3O2/c1-22(10-11-25-2)18-9-8-17-7-6-14(13-23(17)18)19(24)21-16-5-3-4-15(20)12-16/h3-9,12-13H,10-11H2,1-2H3,(H,21,24). The fraction of sp³-hybridized carbons (Fsp3) is 0.211. The van der Waals surface area contributed by atoms with Gasteiger partial charge in [-0.15, -0.1) is 0 Å². The summed E-state index contributed by atoms with van der Waals surface area (Å²) in [4.78, 5) is 14.5. The van der Waals surface area contributed by atoms with Gasteiger partial charge in [0.1, 0.15) is 11.6 Å². The second kappa shape index (κ2) is 7.36. The van der Waals surface area contributed by atoms with Crippen molar-refractivity contribution in [1.82, 2.24) is 4.40 Å². The van der Waals surface area contributed by atoms with Gasteiger partial charge in [0.25, 0.3) is 5.91 Å². The average Bonchev–Trinajstić information content (AvgIpc) is 3.03. The number of amides is 1. The van der Waals surface area contributed by atoms with Crippen LogP contribution in [0.25, 0.3) is 5.52 Å². The number of ether oxygens (including phenoxy) is 1. The lowest BCUT2D eigenvalue weighted by Crippen LogP contribution is -2.23. The summed E-state index contributed by atoms with van der Waals surface area (Å²) in [6.07, 6.45) is 1.78. The third kappa shape index (κ3) is 3.80. The molecule has 0 fully saturated rings. The number of hydrogen-bond acceptors (Lipinski definition) is 3. The minimum atomic E-state index is -0.388. The number of rotatable bonds is 6. The van der Waals surface area contributed by atoms with Crippen molar-refractivity contribution in [1.29, 1.82) is 0 Å². The lowest BCUT2D eigenvalue weighted by Gasteiger charge is -2.18. The summed E-state index contributed by atoms with van der Waals surface area (Å²) in [6.45, 7) is 1.35. The van der Waals surface area contributed by atoms with Crippen molar-refractivity contribution >= 4 is 22.9 Å². The van der Waals surface area contributed by atoms with E-state index in [1.807, 2.05) is 29.6 Å². The molecule has 1 aromatic carbocycles. The molecule has 3 aromatic rings. The predicted octanol–water partition coefficient (Wildman–Crippen LogP) is 3.41. The number of carbonyl (C=O) groups is 1. The quantitative estimate of drug-likeness (QED) is 0.747. The van der Waals surface area contributed by atoms with Crippen LogP contribution < -0.4 is 10.2 Å². The Balaban J connectivity index is 1.85. The van der Waals surface area contributed by atoms with Gasteiger partial charge in [-0.25, -0.2) is 4.39 Å². The lowest BCUT2D eigenvalue weighted by molar-refractivity contribution is 0.102. The average molecular weight is 341 g/mol. The van der Waals surface area contributed by atoms with Crippen molar-refractivity contribution in [3.63, 3.8) is 0 Å². The first-order valence-electron chi connectivity index (χ1n) is 7.96. The van der Waals surface area contributed by atoms with Crippen LogP contribution >= 0.6 is 0 Å². The molecule has 0 radical (unpaired) electrons. The number of nitrogens with zero attached hydrogens (tertiary/aromatic N) is 2. The highest BCUT2D eigenvalue weighted by atomic mass is 19.1. The molecule has 0 aliphatic rings. The fourth-order valence-corrected chi connectivity index (χ4v) is 2.64. The fourth-order valence-electron chi connectivity index (χ4n) is 2.64. The molecule has 130 valence electrons. The van der Waals surface area contributed by atoms with Crippen LogP contribution in [-0.4, -0.2) is 37.6 Å². The summed E-state index contributed by atoms with van der Waals surface area (Å²) < 4.78 is 20.3. The predicted molar refractivity (Wildman–Crippen MR) is 96.9 cm³/mol. The van der Waals surface area contributed by atoms with Gasteiger partial charge in [0.05, 0.1) is 12.2 Å². The minimum absolute atomic E-state index is 0.285. The zero-order valence-corrected chi connectivity index (χ0v) is 14.2. The van der Waals surface area contributed by atoms with Gasteiger partial charge in [0, 0.05) is 38.1 Å². The number of halogens is 1. The third-order valence-electron chi connectivity index (χ3n) is 4.00. The molecule has 1 amide bonds. The van der Waals surface area contributed by atoms with E-state index in [1.54, 1.807) is 31.5 Å². The van der Waals surface area contributed by atoms with Crippen molar-refractivity contribution in [2.75, 3.05) is 37.5 Å². The third-order valence-corrected chi connectivity index (χ3v) is 4.00. The van der Waals surface area contributed by atoms with E-state index in [1.165, 1.54) is 12.1 Å². The molecule has 0 spiro atoms. The van der Waals surface area contributed by atoms with Crippen LogP contribution in [0.15, 0.2) is 54.7 Å². The van der Waals surface area contributed by atoms with Gasteiger partial charge in [-0.05, 0) is 42.5 Å². The number of benzene rings is 1. The summed E-state index contributed by atoms with van der Waals surface area (Å²) >= 11 is 0. The highest BCUT2D eigenvalue weighted by molar-refractivity contribution is 6.04. The van der Waals surface area contributed by atoms with E-state index in [0.29, 0.717) is 17.9 Å². The van der Waals surface area contributed by atoms with E-state index in [9.17, 15) is 9.18 Å². The number of carbonyl (C=O) groups excluding carboxylic acids is 1. The van der Waals surface area contributed by atoms with Crippen LogP contribution in [0.1, 0.15) is 10.4 Å². The van der Waals surface area contributed by atoms with Crippen molar-refractivity contribution in [3.8, 4) is 0 Å². The van der Waals surface area contributed by atoms with Gasteiger partial charge in [-0.2, -0.15) is 0 Å². The van der Waals surface area contributed by atoms with Gasteiger partial charge in [-0.1, -0.05) is 6.07 Å². The van der Waals surface area contributed by atoms with Crippen LogP contribution in [0, 0.1) is 5.82 Å². The molecule has 0 aliphatic heterocycles. The molecule has 0 atom stereocenters. The Kier molecular flexibility index (Phi) is 5.00. The highest BCUT2D eigenvalue weighted by Gasteiger charge is 2.11. The molecule has 3 rings (SSSR count). The Morgan fingerprint density at radius 2 is 2.04 bits per heavy atom. The number of nitrogens with one attached hydrogen (secondary N) is 1. The van der Waals surface area contributed by atoms with Crippen molar-refractivity contribution in [3.05, 3.63) is 66.1 Å². The molecule has 0 unspecified atom stereocenters. The van der Waals surface area contributed by atoms with Gasteiger partial charge in [0.15, 0.2) is 0 Å². The maximum atomic E-state index is 13.3. The number of aromatic nitrogens is 1. The molecule has 0 saturated heterocycles. The Morgan fingerprint density at radius 3 is 2.80 bits per heavy atom. The molecule has 25 heavy (non-hydrogen) atoms. The number of fused-ring (bicyclic) bond motifs is 1. The zero-order valence-electron chi connectivity index (χ0n) is 14.2. The van der Waals surface area contributed by atoms with Gasteiger partial charge < -0.3 is 19.4 Å². The first-order chi connectivity index (χ1) is 12.1. The molecule has 0 saturated carbocycles. The first kappa shape index (κ1) is 17.0. The zero-order chi connectivity index (χ0) is 17.8. The summed E-state index contributed by atoms with van der Waals surface area (Å²) in [6, 6.07) is 13.5. The number of methoxy groups -OCH3 is 1. The molecule has 1 N–H and O–H groups in total. The normalized spacial score (nSPS) is 10.8. The van der Waals surface area contributed by atoms with Crippen LogP contribution in [0.3, 0.4) is 0 Å². The lowest BCUT2D eigenvalue weighted by atomic mass is 10.2. The second-order valence-electron chi connectivity index (χ2n) is 5.78. The van der Waals surface area contributed by atoms with Crippen molar-refractivity contribution in [2.24, 2.45) is 0 Å². The minimum Gasteiger partial charge on any atom is -0.383 e. The highest BCUT2D eigenvalue weighted by Crippen LogP contribution is 2.20. The smallest absolute Gasteiger partial charge is 0.257 e. The molecule has 6 heteroatoms. The monoisotopic (exact) mass is 341 g/mol. The summed E-state index contributed by atoms with van der Waals surface area (Å²) in [5.74, 6) is 0.292. The summed E-state index contributed by atoms with van der Waals surface area (Å²) in [5, 5.41) is 2.71. The SMILES string of the molecule is COCCN(C)c1ccc2ccc(C(=O)Nc3cccc(F)c3)cn12. The van der Waals surface area contributed by atoms with E-state index in [2.05, 4.69) is 10.2 Å². The van der Waals surface area contributed by atoms with Crippen molar-refractivity contribution < 1.29 is 13.9 Å². The largest absolute Gasteiger partial charge is 0.383 e. The molecule has 5 nitrogen and oxygen atoms in total. The molecule has 2 aromatic heterocycles. The second-order valence-corrected chi connectivity index (χ2v) is 5.78. The van der Waals surface area contributed by atoms with E-state index in [0.717, 1.165) is 17.9 Å². The van der Waals surface area contributed by atoms with E-state index in [4.69, 9.17) is 4.74 Å². The van der Waals surface area contributed by atoms with Crippen LogP contribution in [0.4, 0.5) is 15.9 Å². The molecule has 2 heterocycles. The number of anilines is 2. The number of hydrogen-bond donors (Lipinski definition) is 1. The Hall–Kier alpha value is -2.86. The van der Waals surface area contributed by atoms with Crippen LogP contribution in [-0.2, 0) is 4.74 Å². The Morgan fingerprint density at radius 1 is 1.24 bits per heavy atom. The van der Waals surface area contributed by atoms with Crippen LogP contribution in [0.5, 0.6) is 0 Å². The number of pyridine rings is 1.